The van der Waals surface area contributed by atoms with Crippen LogP contribution in [0.15, 0.2) is 12.1 Å². The van der Waals surface area contributed by atoms with Crippen molar-refractivity contribution in [2.45, 2.75) is 60.4 Å². The average Bonchev–Trinajstić information content (AvgIpc) is 2.50. The molecule has 0 amide bonds. The van der Waals surface area contributed by atoms with E-state index in [4.69, 9.17) is 4.98 Å². The topological polar surface area (TPSA) is 28.2 Å². The Labute approximate surface area is 131 Å². The van der Waals surface area contributed by atoms with Crippen LogP contribution in [0.5, 0.6) is 0 Å². The fourth-order valence-corrected chi connectivity index (χ4v) is 2.44. The first kappa shape index (κ1) is 18.0. The lowest BCUT2D eigenvalue weighted by molar-refractivity contribution is 0.545. The van der Waals surface area contributed by atoms with Gasteiger partial charge in [0.25, 0.3) is 0 Å². The van der Waals surface area contributed by atoms with Crippen molar-refractivity contribution in [1.82, 2.24) is 10.3 Å². The van der Waals surface area contributed by atoms with Crippen molar-refractivity contribution < 1.29 is 0 Å². The summed E-state index contributed by atoms with van der Waals surface area (Å²) in [5.74, 6) is 1.86. The average molecular weight is 291 g/mol. The third-order valence-corrected chi connectivity index (χ3v) is 3.94. The third-order valence-electron chi connectivity index (χ3n) is 3.94. The second-order valence-corrected chi connectivity index (χ2v) is 5.91. The SMILES string of the molecule is CCCc1cc(CNCC)cc(N(CC)CC(C)CC)n1. The van der Waals surface area contributed by atoms with Gasteiger partial charge >= 0.3 is 0 Å². The normalized spacial score (nSPS) is 12.4. The number of anilines is 1. The lowest BCUT2D eigenvalue weighted by Crippen LogP contribution is -2.29. The first-order valence-corrected chi connectivity index (χ1v) is 8.59. The molecular weight excluding hydrogens is 258 g/mol. The summed E-state index contributed by atoms with van der Waals surface area (Å²) in [4.78, 5) is 7.31. The van der Waals surface area contributed by atoms with Gasteiger partial charge in [0.05, 0.1) is 0 Å². The summed E-state index contributed by atoms with van der Waals surface area (Å²) < 4.78 is 0. The summed E-state index contributed by atoms with van der Waals surface area (Å²) in [7, 11) is 0. The van der Waals surface area contributed by atoms with Crippen molar-refractivity contribution >= 4 is 5.82 Å². The molecule has 1 unspecified atom stereocenters. The van der Waals surface area contributed by atoms with E-state index in [0.29, 0.717) is 5.92 Å². The van der Waals surface area contributed by atoms with Gasteiger partial charge in [-0.15, -0.1) is 0 Å². The van der Waals surface area contributed by atoms with Gasteiger partial charge in [0, 0.05) is 25.3 Å². The smallest absolute Gasteiger partial charge is 0.129 e. The summed E-state index contributed by atoms with van der Waals surface area (Å²) in [5, 5.41) is 3.42. The highest BCUT2D eigenvalue weighted by molar-refractivity contribution is 5.43. The van der Waals surface area contributed by atoms with Crippen LogP contribution in [0.2, 0.25) is 0 Å². The summed E-state index contributed by atoms with van der Waals surface area (Å²) in [6.45, 7) is 15.2. The molecule has 0 aliphatic rings. The molecule has 0 saturated heterocycles. The van der Waals surface area contributed by atoms with Gasteiger partial charge in [0.2, 0.25) is 0 Å². The molecule has 1 rings (SSSR count). The Balaban J connectivity index is 2.97. The van der Waals surface area contributed by atoms with Gasteiger partial charge in [-0.25, -0.2) is 4.98 Å². The highest BCUT2D eigenvalue weighted by atomic mass is 15.2. The van der Waals surface area contributed by atoms with E-state index in [9.17, 15) is 0 Å². The molecule has 0 radical (unpaired) electrons. The zero-order chi connectivity index (χ0) is 15.7. The molecule has 0 saturated carbocycles. The lowest BCUT2D eigenvalue weighted by Gasteiger charge is -2.26. The van der Waals surface area contributed by atoms with Crippen molar-refractivity contribution in [3.05, 3.63) is 23.4 Å². The van der Waals surface area contributed by atoms with E-state index in [2.05, 4.69) is 57.0 Å². The Bertz CT molecular complexity index is 403. The maximum atomic E-state index is 4.89. The molecule has 120 valence electrons. The summed E-state index contributed by atoms with van der Waals surface area (Å²) >= 11 is 0. The van der Waals surface area contributed by atoms with Gasteiger partial charge in [-0.1, -0.05) is 40.5 Å². The predicted molar refractivity (Wildman–Crippen MR) is 93.0 cm³/mol. The second kappa shape index (κ2) is 9.78. The van der Waals surface area contributed by atoms with Crippen molar-refractivity contribution in [2.24, 2.45) is 5.92 Å². The van der Waals surface area contributed by atoms with Gasteiger partial charge < -0.3 is 10.2 Å². The number of rotatable bonds is 10. The number of nitrogens with one attached hydrogen (secondary N) is 1. The van der Waals surface area contributed by atoms with Crippen LogP contribution in [0.4, 0.5) is 5.82 Å². The molecule has 0 bridgehead atoms. The largest absolute Gasteiger partial charge is 0.357 e. The van der Waals surface area contributed by atoms with Gasteiger partial charge in [0.15, 0.2) is 0 Å². The molecule has 0 aliphatic heterocycles. The van der Waals surface area contributed by atoms with Gasteiger partial charge in [-0.2, -0.15) is 0 Å². The van der Waals surface area contributed by atoms with E-state index in [1.165, 1.54) is 17.7 Å². The van der Waals surface area contributed by atoms with E-state index in [-0.39, 0.29) is 0 Å². The highest BCUT2D eigenvalue weighted by Gasteiger charge is 2.12. The molecule has 1 heterocycles. The zero-order valence-electron chi connectivity index (χ0n) is 14.6. The van der Waals surface area contributed by atoms with Gasteiger partial charge in [-0.3, -0.25) is 0 Å². The minimum Gasteiger partial charge on any atom is -0.357 e. The number of hydrogen-bond donors (Lipinski definition) is 1. The quantitative estimate of drug-likeness (QED) is 0.706. The van der Waals surface area contributed by atoms with Crippen LogP contribution in [-0.2, 0) is 13.0 Å². The van der Waals surface area contributed by atoms with E-state index in [1.807, 2.05) is 0 Å². The Morgan fingerprint density at radius 1 is 1.19 bits per heavy atom. The van der Waals surface area contributed by atoms with E-state index in [1.54, 1.807) is 0 Å². The Kier molecular flexibility index (Phi) is 8.36. The minimum absolute atomic E-state index is 0.707. The van der Waals surface area contributed by atoms with Crippen molar-refractivity contribution in [1.29, 1.82) is 0 Å². The summed E-state index contributed by atoms with van der Waals surface area (Å²) in [6.07, 6.45) is 3.43. The second-order valence-electron chi connectivity index (χ2n) is 5.91. The van der Waals surface area contributed by atoms with E-state index in [0.717, 1.165) is 44.8 Å². The molecule has 0 aliphatic carbocycles. The first-order valence-electron chi connectivity index (χ1n) is 8.59. The molecule has 1 atom stereocenters. The van der Waals surface area contributed by atoms with Crippen LogP contribution < -0.4 is 10.2 Å². The molecule has 0 fully saturated rings. The first-order chi connectivity index (χ1) is 10.1. The molecule has 21 heavy (non-hydrogen) atoms. The van der Waals surface area contributed by atoms with E-state index < -0.39 is 0 Å². The van der Waals surface area contributed by atoms with Crippen molar-refractivity contribution in [2.75, 3.05) is 24.5 Å². The van der Waals surface area contributed by atoms with Crippen LogP contribution in [0.1, 0.15) is 58.7 Å². The molecule has 3 heteroatoms. The standard InChI is InChI=1S/C18H33N3/c1-6-10-17-11-16(13-19-8-3)12-18(20-17)21(9-4)14-15(5)7-2/h11-12,15,19H,6-10,13-14H2,1-5H3. The van der Waals surface area contributed by atoms with Gasteiger partial charge in [-0.05, 0) is 43.5 Å². The van der Waals surface area contributed by atoms with Crippen LogP contribution in [0.3, 0.4) is 0 Å². The summed E-state index contributed by atoms with van der Waals surface area (Å²) in [6, 6.07) is 4.51. The van der Waals surface area contributed by atoms with Crippen LogP contribution in [0, 0.1) is 5.92 Å². The fraction of sp³-hybridized carbons (Fsp3) is 0.722. The molecule has 0 aromatic carbocycles. The number of aromatic nitrogens is 1. The lowest BCUT2D eigenvalue weighted by atomic mass is 10.1. The number of pyridine rings is 1. The van der Waals surface area contributed by atoms with Crippen molar-refractivity contribution in [3.63, 3.8) is 0 Å². The predicted octanol–water partition coefficient (Wildman–Crippen LogP) is 4.02. The van der Waals surface area contributed by atoms with E-state index >= 15 is 0 Å². The highest BCUT2D eigenvalue weighted by Crippen LogP contribution is 2.18. The monoisotopic (exact) mass is 291 g/mol. The third kappa shape index (κ3) is 6.04. The maximum Gasteiger partial charge on any atom is 0.129 e. The molecule has 1 aromatic heterocycles. The van der Waals surface area contributed by atoms with Crippen molar-refractivity contribution in [3.8, 4) is 0 Å². The molecule has 1 N–H and O–H groups in total. The number of hydrogen-bond acceptors (Lipinski definition) is 3. The number of nitrogens with zero attached hydrogens (tertiary/aromatic N) is 2. The molecule has 1 aromatic rings. The van der Waals surface area contributed by atoms with Crippen LogP contribution in [-0.4, -0.2) is 24.6 Å². The minimum atomic E-state index is 0.707. The molecule has 3 nitrogen and oxygen atoms in total. The molecule has 0 spiro atoms. The Hall–Kier alpha value is -1.09. The Morgan fingerprint density at radius 2 is 1.95 bits per heavy atom. The molecular formula is C18H33N3. The maximum absolute atomic E-state index is 4.89. The van der Waals surface area contributed by atoms with Crippen LogP contribution in [0.25, 0.3) is 0 Å². The van der Waals surface area contributed by atoms with Gasteiger partial charge in [0.1, 0.15) is 5.82 Å². The zero-order valence-corrected chi connectivity index (χ0v) is 14.6. The number of aryl methyl sites for hydroxylation is 1. The fourth-order valence-electron chi connectivity index (χ4n) is 2.44. The summed E-state index contributed by atoms with van der Waals surface area (Å²) in [5.41, 5.74) is 2.58. The Morgan fingerprint density at radius 3 is 2.52 bits per heavy atom. The van der Waals surface area contributed by atoms with Crippen LogP contribution >= 0.6 is 0 Å².